The number of carboxylic acids is 1. The molecule has 104 valence electrons. The van der Waals surface area contributed by atoms with Crippen LogP contribution in [0.25, 0.3) is 0 Å². The molecule has 21 heavy (non-hydrogen) atoms. The Hall–Kier alpha value is -1.30. The number of carbonyl (C=O) groups is 2. The summed E-state index contributed by atoms with van der Waals surface area (Å²) in [5.41, 5.74) is 1.85. The molecule has 3 rings (SSSR count). The molecule has 0 aliphatic carbocycles. The second-order valence-corrected chi connectivity index (χ2v) is 4.96. The number of aromatic nitrogens is 2. The summed E-state index contributed by atoms with van der Waals surface area (Å²) in [5.74, 6) is -1.74. The standard InChI is InChI=1S/C15H16N2O3.Na/c1-2-16-8-3-4-12(16)14(18)13-6-5-11-10(15(19)20)7-9-17(11)13;/h3-6,8,10H,2,7,9H2,1H3,(H,19,20);/q;+1/p-1. The molecule has 1 atom stereocenters. The topological polar surface area (TPSA) is 67.1 Å². The monoisotopic (exact) mass is 294 g/mol. The largest absolute Gasteiger partial charge is 1.00 e. The molecular formula is C15H15N2NaO3. The molecule has 0 bridgehead atoms. The van der Waals surface area contributed by atoms with Gasteiger partial charge in [-0.05, 0) is 37.6 Å². The van der Waals surface area contributed by atoms with Crippen molar-refractivity contribution >= 4 is 11.8 Å². The van der Waals surface area contributed by atoms with E-state index in [1.54, 1.807) is 22.8 Å². The van der Waals surface area contributed by atoms with Crippen molar-refractivity contribution in [1.82, 2.24) is 9.13 Å². The normalized spacial score (nSPS) is 16.3. The summed E-state index contributed by atoms with van der Waals surface area (Å²) in [6.07, 6.45) is 2.36. The van der Waals surface area contributed by atoms with Gasteiger partial charge in [-0.15, -0.1) is 0 Å². The minimum Gasteiger partial charge on any atom is -0.549 e. The number of fused-ring (bicyclic) bond motifs is 1. The first-order chi connectivity index (χ1) is 9.63. The molecule has 0 radical (unpaired) electrons. The average Bonchev–Trinajstić information content (AvgIpc) is 3.12. The van der Waals surface area contributed by atoms with Gasteiger partial charge in [0.1, 0.15) is 0 Å². The van der Waals surface area contributed by atoms with E-state index in [4.69, 9.17) is 0 Å². The number of aliphatic carboxylic acids is 1. The van der Waals surface area contributed by atoms with Crippen molar-refractivity contribution < 1.29 is 44.3 Å². The van der Waals surface area contributed by atoms with Crippen LogP contribution < -0.4 is 34.7 Å². The molecule has 0 spiro atoms. The van der Waals surface area contributed by atoms with E-state index < -0.39 is 11.9 Å². The molecule has 0 aromatic carbocycles. The van der Waals surface area contributed by atoms with Crippen molar-refractivity contribution in [3.05, 3.63) is 47.5 Å². The van der Waals surface area contributed by atoms with Crippen molar-refractivity contribution in [2.75, 3.05) is 0 Å². The minimum atomic E-state index is -1.07. The zero-order valence-electron chi connectivity index (χ0n) is 12.2. The predicted molar refractivity (Wildman–Crippen MR) is 70.3 cm³/mol. The third kappa shape index (κ3) is 2.61. The molecule has 1 unspecified atom stereocenters. The number of ketones is 1. The molecule has 2 aromatic heterocycles. The molecule has 1 aliphatic rings. The van der Waals surface area contributed by atoms with Gasteiger partial charge in [-0.2, -0.15) is 0 Å². The number of carbonyl (C=O) groups excluding carboxylic acids is 2. The predicted octanol–water partition coefficient (Wildman–Crippen LogP) is -2.22. The first-order valence-corrected chi connectivity index (χ1v) is 6.73. The van der Waals surface area contributed by atoms with Gasteiger partial charge in [-0.25, -0.2) is 0 Å². The van der Waals surface area contributed by atoms with Gasteiger partial charge in [0.05, 0.1) is 17.4 Å². The number of rotatable bonds is 4. The van der Waals surface area contributed by atoms with Gasteiger partial charge < -0.3 is 19.0 Å². The maximum Gasteiger partial charge on any atom is 1.00 e. The summed E-state index contributed by atoms with van der Waals surface area (Å²) >= 11 is 0. The molecule has 0 saturated carbocycles. The zero-order chi connectivity index (χ0) is 14.3. The van der Waals surface area contributed by atoms with Crippen LogP contribution in [0.4, 0.5) is 0 Å². The number of hydrogen-bond acceptors (Lipinski definition) is 3. The number of aryl methyl sites for hydroxylation is 1. The van der Waals surface area contributed by atoms with Crippen LogP contribution in [0.5, 0.6) is 0 Å². The quantitative estimate of drug-likeness (QED) is 0.474. The van der Waals surface area contributed by atoms with Gasteiger partial charge in [-0.3, -0.25) is 4.79 Å². The van der Waals surface area contributed by atoms with Crippen LogP contribution in [-0.2, 0) is 17.9 Å². The third-order valence-corrected chi connectivity index (χ3v) is 3.93. The Bertz CT molecular complexity index is 687. The fourth-order valence-corrected chi connectivity index (χ4v) is 2.91. The van der Waals surface area contributed by atoms with Gasteiger partial charge in [0.15, 0.2) is 0 Å². The van der Waals surface area contributed by atoms with E-state index in [1.165, 1.54) is 0 Å². The van der Waals surface area contributed by atoms with E-state index in [2.05, 4.69) is 0 Å². The van der Waals surface area contributed by atoms with Crippen molar-refractivity contribution in [2.24, 2.45) is 0 Å². The van der Waals surface area contributed by atoms with Gasteiger partial charge in [0.25, 0.3) is 0 Å². The summed E-state index contributed by atoms with van der Waals surface area (Å²) in [6.45, 7) is 3.25. The molecular weight excluding hydrogens is 279 g/mol. The second-order valence-electron chi connectivity index (χ2n) is 4.96. The first kappa shape index (κ1) is 16.1. The smallest absolute Gasteiger partial charge is 0.549 e. The van der Waals surface area contributed by atoms with Gasteiger partial charge in [0, 0.05) is 30.9 Å². The van der Waals surface area contributed by atoms with Crippen LogP contribution in [0.15, 0.2) is 30.5 Å². The van der Waals surface area contributed by atoms with E-state index in [0.717, 1.165) is 6.54 Å². The Balaban J connectivity index is 0.00000161. The third-order valence-electron chi connectivity index (χ3n) is 3.93. The van der Waals surface area contributed by atoms with Crippen molar-refractivity contribution in [3.8, 4) is 0 Å². The summed E-state index contributed by atoms with van der Waals surface area (Å²) in [4.78, 5) is 23.6. The Kier molecular flexibility index (Phi) is 4.76. The molecule has 0 N–H and O–H groups in total. The number of carboxylic acid groups (broad SMARTS) is 1. The van der Waals surface area contributed by atoms with Crippen LogP contribution >= 0.6 is 0 Å². The molecule has 0 amide bonds. The minimum absolute atomic E-state index is 0. The number of hydrogen-bond donors (Lipinski definition) is 0. The van der Waals surface area contributed by atoms with E-state index >= 15 is 0 Å². The van der Waals surface area contributed by atoms with E-state index in [0.29, 0.717) is 30.0 Å². The van der Waals surface area contributed by atoms with Crippen LogP contribution in [0.1, 0.15) is 41.1 Å². The molecule has 0 fully saturated rings. The molecule has 2 aromatic rings. The Morgan fingerprint density at radius 3 is 2.71 bits per heavy atom. The van der Waals surface area contributed by atoms with Crippen molar-refractivity contribution in [1.29, 1.82) is 0 Å². The SMILES string of the molecule is CCn1cccc1C(=O)c1ccc2n1CCC2C(=O)[O-].[Na+]. The Morgan fingerprint density at radius 1 is 1.29 bits per heavy atom. The maximum atomic E-state index is 12.6. The second kappa shape index (κ2) is 6.22. The van der Waals surface area contributed by atoms with E-state index in [9.17, 15) is 14.7 Å². The fraction of sp³-hybridized carbons (Fsp3) is 0.333. The van der Waals surface area contributed by atoms with Gasteiger partial charge >= 0.3 is 29.6 Å². The maximum absolute atomic E-state index is 12.6. The van der Waals surface area contributed by atoms with Crippen LogP contribution in [0, 0.1) is 0 Å². The summed E-state index contributed by atoms with van der Waals surface area (Å²) in [7, 11) is 0. The Morgan fingerprint density at radius 2 is 2.05 bits per heavy atom. The van der Waals surface area contributed by atoms with E-state index in [-0.39, 0.29) is 35.3 Å². The van der Waals surface area contributed by atoms with E-state index in [1.807, 2.05) is 23.8 Å². The fourth-order valence-electron chi connectivity index (χ4n) is 2.91. The molecule has 3 heterocycles. The zero-order valence-corrected chi connectivity index (χ0v) is 14.2. The van der Waals surface area contributed by atoms with Crippen molar-refractivity contribution in [3.63, 3.8) is 0 Å². The van der Waals surface area contributed by atoms with Crippen LogP contribution in [0.3, 0.4) is 0 Å². The summed E-state index contributed by atoms with van der Waals surface area (Å²) in [5, 5.41) is 11.1. The number of nitrogens with zero attached hydrogens (tertiary/aromatic N) is 2. The Labute approximate surface area is 144 Å². The molecule has 0 saturated heterocycles. The average molecular weight is 294 g/mol. The molecule has 5 nitrogen and oxygen atoms in total. The first-order valence-electron chi connectivity index (χ1n) is 6.73. The van der Waals surface area contributed by atoms with Crippen LogP contribution in [-0.4, -0.2) is 20.9 Å². The van der Waals surface area contributed by atoms with Crippen molar-refractivity contribution in [2.45, 2.75) is 32.4 Å². The van der Waals surface area contributed by atoms with Gasteiger partial charge in [-0.1, -0.05) is 0 Å². The summed E-state index contributed by atoms with van der Waals surface area (Å²) in [6, 6.07) is 7.06. The molecule has 6 heteroatoms. The molecule has 1 aliphatic heterocycles. The summed E-state index contributed by atoms with van der Waals surface area (Å²) < 4.78 is 3.68. The van der Waals surface area contributed by atoms with Gasteiger partial charge in [0.2, 0.25) is 5.78 Å². The van der Waals surface area contributed by atoms with Crippen LogP contribution in [0.2, 0.25) is 0 Å².